The molecule has 54 valence electrons. The average molecular weight is 156 g/mol. The molecule has 2 rings (SSSR count). The molecule has 0 aliphatic carbocycles. The molecule has 1 aromatic rings. The second-order valence-corrected chi connectivity index (χ2v) is 2.72. The maximum absolute atomic E-state index is 4.22. The van der Waals surface area contributed by atoms with E-state index in [0.717, 1.165) is 11.5 Å². The van der Waals surface area contributed by atoms with Crippen LogP contribution in [-0.2, 0) is 7.05 Å². The van der Waals surface area contributed by atoms with Gasteiger partial charge in [-0.3, -0.25) is 14.8 Å². The van der Waals surface area contributed by atoms with E-state index in [0.29, 0.717) is 0 Å². The highest BCUT2D eigenvalue weighted by atomic mass is 32.1. The van der Waals surface area contributed by atoms with Crippen molar-refractivity contribution in [3.63, 3.8) is 0 Å². The normalized spacial score (nSPS) is 22.4. The summed E-state index contributed by atoms with van der Waals surface area (Å²) < 4.78 is 1.89. The molecular formula is C5H8N4S. The van der Waals surface area contributed by atoms with Crippen LogP contribution in [0.3, 0.4) is 0 Å². The molecule has 0 bridgehead atoms. The quantitative estimate of drug-likeness (QED) is 0.476. The molecule has 0 aromatic carbocycles. The number of nitrogens with zero attached hydrogens (tertiary/aromatic N) is 2. The number of nitrogens with one attached hydrogen (secondary N) is 2. The fourth-order valence-corrected chi connectivity index (χ4v) is 1.26. The molecule has 2 heterocycles. The van der Waals surface area contributed by atoms with Gasteiger partial charge in [-0.15, -0.1) is 12.6 Å². The molecule has 0 fully saturated rings. The summed E-state index contributed by atoms with van der Waals surface area (Å²) >= 11 is 4.22. The lowest BCUT2D eigenvalue weighted by atomic mass is 10.3. The van der Waals surface area contributed by atoms with E-state index in [4.69, 9.17) is 0 Å². The van der Waals surface area contributed by atoms with Gasteiger partial charge in [-0.2, -0.15) is 0 Å². The molecule has 0 saturated heterocycles. The standard InChI is InChI=1S/C5H8N4S/c1-9-4-3(8-9)5(10)7-2-6-4/h2,5,8,10H,1H3,(H,6,7). The fourth-order valence-electron chi connectivity index (χ4n) is 1.02. The molecule has 0 radical (unpaired) electrons. The first-order valence-corrected chi connectivity index (χ1v) is 3.51. The minimum absolute atomic E-state index is 0.0209. The lowest BCUT2D eigenvalue weighted by Gasteiger charge is -2.24. The minimum atomic E-state index is -0.0209. The predicted molar refractivity (Wildman–Crippen MR) is 43.6 cm³/mol. The molecule has 1 aliphatic rings. The maximum Gasteiger partial charge on any atom is 0.150 e. The van der Waals surface area contributed by atoms with Gasteiger partial charge in [-0.1, -0.05) is 0 Å². The van der Waals surface area contributed by atoms with Crippen LogP contribution in [-0.4, -0.2) is 16.1 Å². The zero-order valence-corrected chi connectivity index (χ0v) is 6.39. The summed E-state index contributed by atoms with van der Waals surface area (Å²) in [6.07, 6.45) is 1.66. The topological polar surface area (TPSA) is 45.1 Å². The van der Waals surface area contributed by atoms with E-state index in [1.54, 1.807) is 6.34 Å². The number of H-pyrrole nitrogens is 1. The van der Waals surface area contributed by atoms with E-state index >= 15 is 0 Å². The lowest BCUT2D eigenvalue weighted by Crippen LogP contribution is -2.22. The van der Waals surface area contributed by atoms with E-state index in [2.05, 4.69) is 28.0 Å². The van der Waals surface area contributed by atoms with Crippen LogP contribution in [0.5, 0.6) is 0 Å². The number of thiol groups is 1. The van der Waals surface area contributed by atoms with E-state index in [9.17, 15) is 0 Å². The van der Waals surface area contributed by atoms with Crippen LogP contribution in [0.1, 0.15) is 11.1 Å². The number of aromatic nitrogens is 2. The number of rotatable bonds is 0. The van der Waals surface area contributed by atoms with Gasteiger partial charge in [-0.05, 0) is 0 Å². The van der Waals surface area contributed by atoms with Crippen LogP contribution in [0, 0.1) is 0 Å². The third-order valence-electron chi connectivity index (χ3n) is 1.55. The third-order valence-corrected chi connectivity index (χ3v) is 1.95. The Morgan fingerprint density at radius 3 is 3.20 bits per heavy atom. The Bertz CT molecular complexity index is 271. The second-order valence-electron chi connectivity index (χ2n) is 2.23. The zero-order valence-electron chi connectivity index (χ0n) is 5.50. The van der Waals surface area contributed by atoms with Crippen molar-refractivity contribution in [1.29, 1.82) is 0 Å². The molecule has 0 spiro atoms. The molecule has 0 amide bonds. The van der Waals surface area contributed by atoms with Crippen LogP contribution in [0.4, 0.5) is 5.82 Å². The van der Waals surface area contributed by atoms with Crippen LogP contribution >= 0.6 is 12.6 Å². The summed E-state index contributed by atoms with van der Waals surface area (Å²) in [4.78, 5) is 4.03. The number of aromatic amines is 1. The predicted octanol–water partition coefficient (Wildman–Crippen LogP) is 0.735. The Morgan fingerprint density at radius 2 is 2.60 bits per heavy atom. The van der Waals surface area contributed by atoms with Crippen molar-refractivity contribution < 1.29 is 0 Å². The molecule has 2 N–H and O–H groups in total. The first-order chi connectivity index (χ1) is 4.79. The number of fused-ring (bicyclic) bond motifs is 1. The van der Waals surface area contributed by atoms with Gasteiger partial charge >= 0.3 is 0 Å². The highest BCUT2D eigenvalue weighted by Gasteiger charge is 2.19. The van der Waals surface area contributed by atoms with Gasteiger partial charge in [0.2, 0.25) is 0 Å². The maximum atomic E-state index is 4.22. The van der Waals surface area contributed by atoms with Gasteiger partial charge in [0.1, 0.15) is 16.9 Å². The lowest BCUT2D eigenvalue weighted by molar-refractivity contribution is 0.649. The van der Waals surface area contributed by atoms with E-state index in [-0.39, 0.29) is 5.37 Å². The first-order valence-electron chi connectivity index (χ1n) is 3.00. The van der Waals surface area contributed by atoms with Crippen LogP contribution < -0.4 is 5.32 Å². The van der Waals surface area contributed by atoms with Crippen LogP contribution in [0.25, 0.3) is 0 Å². The molecule has 4 nitrogen and oxygen atoms in total. The van der Waals surface area contributed by atoms with Crippen LogP contribution in [0.2, 0.25) is 0 Å². The van der Waals surface area contributed by atoms with Crippen molar-refractivity contribution in [1.82, 2.24) is 9.78 Å². The molecular weight excluding hydrogens is 148 g/mol. The Hall–Kier alpha value is -0.840. The van der Waals surface area contributed by atoms with E-state index in [1.807, 2.05) is 11.7 Å². The molecule has 1 unspecified atom stereocenters. The van der Waals surface area contributed by atoms with E-state index < -0.39 is 0 Å². The Kier molecular flexibility index (Phi) is 1.08. The molecule has 1 aliphatic heterocycles. The number of aryl methyl sites for hydroxylation is 1. The summed E-state index contributed by atoms with van der Waals surface area (Å²) in [5.74, 6) is 1.06. The Labute approximate surface area is 63.7 Å². The largest absolute Gasteiger partial charge is 0.330 e. The van der Waals surface area contributed by atoms with Crippen molar-refractivity contribution in [2.75, 3.05) is 5.32 Å². The molecule has 0 saturated carbocycles. The summed E-state index contributed by atoms with van der Waals surface area (Å²) in [6, 6.07) is 0. The van der Waals surface area contributed by atoms with Crippen molar-refractivity contribution in [2.45, 2.75) is 5.37 Å². The first kappa shape index (κ1) is 5.91. The smallest absolute Gasteiger partial charge is 0.150 e. The Morgan fingerprint density at radius 1 is 1.80 bits per heavy atom. The van der Waals surface area contributed by atoms with Gasteiger partial charge in [0, 0.05) is 7.05 Å². The van der Waals surface area contributed by atoms with Gasteiger partial charge in [0.25, 0.3) is 0 Å². The zero-order chi connectivity index (χ0) is 7.14. The number of anilines is 1. The van der Waals surface area contributed by atoms with Gasteiger partial charge < -0.3 is 5.32 Å². The SMILES string of the molecule is Cn1[nH]c2c1NC=NC2S. The molecule has 1 aromatic heterocycles. The number of hydrogen-bond donors (Lipinski definition) is 3. The average Bonchev–Trinajstić information content (AvgIpc) is 1.91. The molecule has 1 atom stereocenters. The van der Waals surface area contributed by atoms with Gasteiger partial charge in [0.05, 0.1) is 6.34 Å². The highest BCUT2D eigenvalue weighted by Crippen LogP contribution is 2.30. The minimum Gasteiger partial charge on any atom is -0.330 e. The summed E-state index contributed by atoms with van der Waals surface area (Å²) in [5.41, 5.74) is 1.05. The summed E-state index contributed by atoms with van der Waals surface area (Å²) in [7, 11) is 1.94. The molecule has 10 heavy (non-hydrogen) atoms. The second kappa shape index (κ2) is 1.82. The summed E-state index contributed by atoms with van der Waals surface area (Å²) in [6.45, 7) is 0. The summed E-state index contributed by atoms with van der Waals surface area (Å²) in [5, 5.41) is 6.04. The fraction of sp³-hybridized carbons (Fsp3) is 0.400. The van der Waals surface area contributed by atoms with Crippen molar-refractivity contribution in [3.05, 3.63) is 5.69 Å². The van der Waals surface area contributed by atoms with Crippen molar-refractivity contribution >= 4 is 24.8 Å². The van der Waals surface area contributed by atoms with Crippen LogP contribution in [0.15, 0.2) is 4.99 Å². The third kappa shape index (κ3) is 0.607. The van der Waals surface area contributed by atoms with Crippen molar-refractivity contribution in [2.24, 2.45) is 12.0 Å². The van der Waals surface area contributed by atoms with Gasteiger partial charge in [-0.25, -0.2) is 0 Å². The number of hydrogen-bond acceptors (Lipinski definition) is 3. The monoisotopic (exact) mass is 156 g/mol. The number of aliphatic imine (C=N–C) groups is 1. The van der Waals surface area contributed by atoms with E-state index in [1.165, 1.54) is 0 Å². The van der Waals surface area contributed by atoms with Crippen molar-refractivity contribution in [3.8, 4) is 0 Å². The van der Waals surface area contributed by atoms with Gasteiger partial charge in [0.15, 0.2) is 0 Å². The molecule has 5 heteroatoms. The Balaban J connectivity index is 2.38. The highest BCUT2D eigenvalue weighted by molar-refractivity contribution is 7.80.